The van der Waals surface area contributed by atoms with Gasteiger partial charge in [0.2, 0.25) is 0 Å². The first kappa shape index (κ1) is 24.0. The molecular weight excluding hydrogens is 509 g/mol. The molecule has 0 saturated carbocycles. The van der Waals surface area contributed by atoms with E-state index in [1.165, 1.54) is 17.0 Å². The van der Waals surface area contributed by atoms with Gasteiger partial charge < -0.3 is 4.74 Å². The van der Waals surface area contributed by atoms with Crippen LogP contribution in [-0.4, -0.2) is 23.6 Å². The summed E-state index contributed by atoms with van der Waals surface area (Å²) in [6, 6.07) is 19.0. The summed E-state index contributed by atoms with van der Waals surface area (Å²) < 4.78 is 45.2. The number of rotatable bonds is 8. The molecule has 1 amide bonds. The van der Waals surface area contributed by atoms with Crippen LogP contribution in [0.15, 0.2) is 77.8 Å². The lowest BCUT2D eigenvalue weighted by atomic mass is 10.1. The molecule has 0 saturated heterocycles. The number of benzene rings is 3. The van der Waals surface area contributed by atoms with E-state index in [2.05, 4.69) is 20.9 Å². The van der Waals surface area contributed by atoms with Gasteiger partial charge in [0.15, 0.2) is 0 Å². The van der Waals surface area contributed by atoms with Crippen LogP contribution in [0.5, 0.6) is 5.75 Å². The number of ether oxygens (including phenoxy) is 1. The highest BCUT2D eigenvalue weighted by Gasteiger charge is 2.35. The fourth-order valence-corrected chi connectivity index (χ4v) is 4.12. The number of aliphatic imine (C=N–C) groups is 1. The number of alkyl halides is 4. The normalized spacial score (nSPS) is 14.5. The molecule has 3 aromatic carbocycles. The van der Waals surface area contributed by atoms with E-state index < -0.39 is 17.6 Å². The average Bonchev–Trinajstić information content (AvgIpc) is 3.10. The number of halogens is 4. The molecular formula is C26H22BrF3N2O2. The minimum atomic E-state index is -4.49. The molecule has 0 atom stereocenters. The number of hydrogen-bond acceptors (Lipinski definition) is 3. The average molecular weight is 531 g/mol. The van der Waals surface area contributed by atoms with Crippen molar-refractivity contribution >= 4 is 44.6 Å². The molecule has 34 heavy (non-hydrogen) atoms. The van der Waals surface area contributed by atoms with Crippen molar-refractivity contribution in [2.24, 2.45) is 4.99 Å². The van der Waals surface area contributed by atoms with Crippen molar-refractivity contribution in [3.05, 3.63) is 83.9 Å². The summed E-state index contributed by atoms with van der Waals surface area (Å²) in [4.78, 5) is 19.3. The molecule has 0 bridgehead atoms. The van der Waals surface area contributed by atoms with E-state index in [4.69, 9.17) is 4.74 Å². The summed E-state index contributed by atoms with van der Waals surface area (Å²) >= 11 is 3.41. The maximum absolute atomic E-state index is 13.4. The Morgan fingerprint density at radius 3 is 2.50 bits per heavy atom. The van der Waals surface area contributed by atoms with Gasteiger partial charge in [-0.3, -0.25) is 9.69 Å². The van der Waals surface area contributed by atoms with E-state index >= 15 is 0 Å². The van der Waals surface area contributed by atoms with Gasteiger partial charge in [0.1, 0.15) is 11.5 Å². The predicted octanol–water partition coefficient (Wildman–Crippen LogP) is 7.45. The summed E-state index contributed by atoms with van der Waals surface area (Å²) in [6.07, 6.45) is -1.43. The summed E-state index contributed by atoms with van der Waals surface area (Å²) in [6.45, 7) is 0.573. The molecule has 0 unspecified atom stereocenters. The highest BCUT2D eigenvalue weighted by Crippen LogP contribution is 2.38. The standard InChI is InChI=1S/C26H22BrF3N2O2/c27-14-4-1-5-15-34-21-11-7-10-20(17-21)32-23-13-3-2-12-22(23)24(25(32)33)31-19-9-6-8-18(16-19)26(28,29)30/h2-3,6-13,16-17H,1,4-5,14-15H2. The number of unbranched alkanes of at least 4 members (excludes halogenated alkanes) is 2. The largest absolute Gasteiger partial charge is 0.494 e. The Morgan fingerprint density at radius 1 is 0.912 bits per heavy atom. The Morgan fingerprint density at radius 2 is 1.71 bits per heavy atom. The van der Waals surface area contributed by atoms with Crippen molar-refractivity contribution < 1.29 is 22.7 Å². The number of fused-ring (bicyclic) bond motifs is 1. The number of para-hydroxylation sites is 1. The number of nitrogens with zero attached hydrogens (tertiary/aromatic N) is 2. The van der Waals surface area contributed by atoms with Crippen molar-refractivity contribution in [3.63, 3.8) is 0 Å². The van der Waals surface area contributed by atoms with Crippen LogP contribution in [-0.2, 0) is 11.0 Å². The van der Waals surface area contributed by atoms with Crippen molar-refractivity contribution in [3.8, 4) is 5.75 Å². The van der Waals surface area contributed by atoms with Crippen LogP contribution in [0, 0.1) is 0 Å². The van der Waals surface area contributed by atoms with E-state index in [-0.39, 0.29) is 11.4 Å². The van der Waals surface area contributed by atoms with E-state index in [0.717, 1.165) is 36.7 Å². The van der Waals surface area contributed by atoms with E-state index in [1.807, 2.05) is 6.07 Å². The molecule has 0 fully saturated rings. The molecule has 0 aliphatic carbocycles. The first-order valence-corrected chi connectivity index (χ1v) is 12.0. The number of carbonyl (C=O) groups excluding carboxylic acids is 1. The molecule has 8 heteroatoms. The quantitative estimate of drug-likeness (QED) is 0.224. The van der Waals surface area contributed by atoms with Crippen LogP contribution >= 0.6 is 15.9 Å². The zero-order valence-electron chi connectivity index (χ0n) is 18.2. The highest BCUT2D eigenvalue weighted by molar-refractivity contribution is 9.09. The van der Waals surface area contributed by atoms with Crippen LogP contribution in [0.25, 0.3) is 0 Å². The van der Waals surface area contributed by atoms with Gasteiger partial charge in [-0.25, -0.2) is 4.99 Å². The van der Waals surface area contributed by atoms with Gasteiger partial charge in [-0.15, -0.1) is 0 Å². The zero-order valence-corrected chi connectivity index (χ0v) is 19.8. The highest BCUT2D eigenvalue weighted by atomic mass is 79.9. The Labute approximate surface area is 204 Å². The molecule has 0 N–H and O–H groups in total. The fourth-order valence-electron chi connectivity index (χ4n) is 3.72. The van der Waals surface area contributed by atoms with Crippen LogP contribution in [0.2, 0.25) is 0 Å². The lowest BCUT2D eigenvalue weighted by Gasteiger charge is -2.18. The first-order valence-electron chi connectivity index (χ1n) is 10.9. The predicted molar refractivity (Wildman–Crippen MR) is 131 cm³/mol. The second-order valence-electron chi connectivity index (χ2n) is 7.76. The van der Waals surface area contributed by atoms with Gasteiger partial charge in [0.25, 0.3) is 5.91 Å². The Hall–Kier alpha value is -3.13. The second kappa shape index (κ2) is 10.4. The van der Waals surface area contributed by atoms with Gasteiger partial charge in [-0.05, 0) is 55.7 Å². The van der Waals surface area contributed by atoms with E-state index in [0.29, 0.717) is 29.3 Å². The number of amides is 1. The minimum absolute atomic E-state index is 0.0652. The van der Waals surface area contributed by atoms with Crippen molar-refractivity contribution in [2.75, 3.05) is 16.8 Å². The fraction of sp³-hybridized carbons (Fsp3) is 0.231. The Balaban J connectivity index is 1.64. The molecule has 1 heterocycles. The van der Waals surface area contributed by atoms with Crippen LogP contribution in [0.3, 0.4) is 0 Å². The third-order valence-corrected chi connectivity index (χ3v) is 5.90. The topological polar surface area (TPSA) is 41.9 Å². The summed E-state index contributed by atoms with van der Waals surface area (Å²) in [7, 11) is 0. The van der Waals surface area contributed by atoms with Crippen LogP contribution in [0.1, 0.15) is 30.4 Å². The zero-order chi connectivity index (χ0) is 24.1. The molecule has 176 valence electrons. The van der Waals surface area contributed by atoms with E-state index in [1.54, 1.807) is 42.5 Å². The number of carbonyl (C=O) groups is 1. The first-order chi connectivity index (χ1) is 16.4. The Bertz CT molecular complexity index is 1210. The third kappa shape index (κ3) is 5.33. The van der Waals surface area contributed by atoms with Gasteiger partial charge in [-0.2, -0.15) is 13.2 Å². The Kier molecular flexibility index (Phi) is 7.36. The van der Waals surface area contributed by atoms with E-state index in [9.17, 15) is 18.0 Å². The summed E-state index contributed by atoms with van der Waals surface area (Å²) in [5.41, 5.74) is 1.13. The van der Waals surface area contributed by atoms with Gasteiger partial charge in [-0.1, -0.05) is 46.3 Å². The lowest BCUT2D eigenvalue weighted by Crippen LogP contribution is -2.25. The molecule has 1 aliphatic rings. The smallest absolute Gasteiger partial charge is 0.416 e. The molecule has 4 nitrogen and oxygen atoms in total. The molecule has 0 radical (unpaired) electrons. The maximum atomic E-state index is 13.4. The number of hydrogen-bond donors (Lipinski definition) is 0. The monoisotopic (exact) mass is 530 g/mol. The molecule has 0 spiro atoms. The van der Waals surface area contributed by atoms with Crippen LogP contribution in [0.4, 0.5) is 30.2 Å². The minimum Gasteiger partial charge on any atom is -0.494 e. The van der Waals surface area contributed by atoms with Crippen LogP contribution < -0.4 is 9.64 Å². The maximum Gasteiger partial charge on any atom is 0.416 e. The summed E-state index contributed by atoms with van der Waals surface area (Å²) in [5, 5.41) is 0.962. The molecule has 3 aromatic rings. The second-order valence-corrected chi connectivity index (χ2v) is 8.55. The molecule has 0 aromatic heterocycles. The summed E-state index contributed by atoms with van der Waals surface area (Å²) in [5.74, 6) is 0.234. The molecule has 1 aliphatic heterocycles. The SMILES string of the molecule is O=C1C(=Nc2cccc(C(F)(F)F)c2)c2ccccc2N1c1cccc(OCCCCCBr)c1. The molecule has 4 rings (SSSR count). The van der Waals surface area contributed by atoms with Gasteiger partial charge in [0.05, 0.1) is 29.2 Å². The van der Waals surface area contributed by atoms with Gasteiger partial charge in [0, 0.05) is 17.0 Å². The van der Waals surface area contributed by atoms with Crippen molar-refractivity contribution in [1.29, 1.82) is 0 Å². The number of anilines is 2. The third-order valence-electron chi connectivity index (χ3n) is 5.34. The van der Waals surface area contributed by atoms with Crippen molar-refractivity contribution in [2.45, 2.75) is 25.4 Å². The van der Waals surface area contributed by atoms with Crippen molar-refractivity contribution in [1.82, 2.24) is 0 Å². The lowest BCUT2D eigenvalue weighted by molar-refractivity contribution is -0.137. The van der Waals surface area contributed by atoms with Gasteiger partial charge >= 0.3 is 6.18 Å².